The Bertz CT molecular complexity index is 1060. The average molecular weight is 412 g/mol. The second kappa shape index (κ2) is 6.65. The monoisotopic (exact) mass is 412 g/mol. The topological polar surface area (TPSA) is 68.4 Å². The lowest BCUT2D eigenvalue weighted by molar-refractivity contribution is 0.333. The summed E-state index contributed by atoms with van der Waals surface area (Å²) in [4.78, 5) is 0. The molecular weight excluding hydrogens is 408 g/mol. The van der Waals surface area contributed by atoms with E-state index < -0.39 is 80.9 Å². The molecule has 0 aliphatic carbocycles. The van der Waals surface area contributed by atoms with Gasteiger partial charge in [-0.3, -0.25) is 0 Å². The fourth-order valence-electron chi connectivity index (χ4n) is 2.21. The standard InChI is InChI=1S/C15H4F8N2O3/c1-27-13-10(22)6(18)3(7(19)11(13)23)15-25-24-14(28-15)2-4(16)8(20)12(26)9(21)5(2)17/h26H,1H3. The molecule has 148 valence electrons. The van der Waals surface area contributed by atoms with E-state index in [0.29, 0.717) is 0 Å². The molecule has 1 heterocycles. The van der Waals surface area contributed by atoms with E-state index in [4.69, 9.17) is 5.11 Å². The predicted molar refractivity (Wildman–Crippen MR) is 73.1 cm³/mol. The van der Waals surface area contributed by atoms with E-state index in [-0.39, 0.29) is 0 Å². The van der Waals surface area contributed by atoms with Crippen molar-refractivity contribution < 1.29 is 49.4 Å². The predicted octanol–water partition coefficient (Wildman–Crippen LogP) is 4.23. The molecule has 0 saturated carbocycles. The third-order valence-corrected chi connectivity index (χ3v) is 3.52. The van der Waals surface area contributed by atoms with Crippen LogP contribution in [0.3, 0.4) is 0 Å². The highest BCUT2D eigenvalue weighted by atomic mass is 19.2. The Kier molecular flexibility index (Phi) is 4.61. The molecule has 5 nitrogen and oxygen atoms in total. The number of aromatic hydroxyl groups is 1. The van der Waals surface area contributed by atoms with E-state index in [0.717, 1.165) is 7.11 Å². The molecule has 1 aromatic heterocycles. The van der Waals surface area contributed by atoms with Crippen LogP contribution in [0.2, 0.25) is 0 Å². The van der Waals surface area contributed by atoms with Crippen LogP contribution in [0.25, 0.3) is 22.9 Å². The zero-order valence-corrected chi connectivity index (χ0v) is 13.2. The molecule has 0 atom stereocenters. The van der Waals surface area contributed by atoms with Crippen molar-refractivity contribution in [1.29, 1.82) is 0 Å². The number of nitrogens with zero attached hydrogens (tertiary/aromatic N) is 2. The highest BCUT2D eigenvalue weighted by Gasteiger charge is 2.33. The Morgan fingerprint density at radius 2 is 1.00 bits per heavy atom. The van der Waals surface area contributed by atoms with Gasteiger partial charge in [-0.1, -0.05) is 0 Å². The summed E-state index contributed by atoms with van der Waals surface area (Å²) in [6, 6.07) is 0. The number of phenolic OH excluding ortho intramolecular Hbond substituents is 1. The number of rotatable bonds is 3. The van der Waals surface area contributed by atoms with Crippen molar-refractivity contribution in [2.75, 3.05) is 7.11 Å². The van der Waals surface area contributed by atoms with Crippen LogP contribution >= 0.6 is 0 Å². The first kappa shape index (κ1) is 19.4. The summed E-state index contributed by atoms with van der Waals surface area (Å²) >= 11 is 0. The molecule has 3 rings (SSSR count). The van der Waals surface area contributed by atoms with Gasteiger partial charge in [0.25, 0.3) is 11.8 Å². The van der Waals surface area contributed by atoms with Gasteiger partial charge in [0.1, 0.15) is 11.1 Å². The first-order valence-electron chi connectivity index (χ1n) is 6.90. The molecule has 0 aliphatic heterocycles. The number of phenols is 1. The molecule has 0 saturated heterocycles. The van der Waals surface area contributed by atoms with E-state index in [2.05, 4.69) is 19.4 Å². The molecular formula is C15H4F8N2O3. The average Bonchev–Trinajstić information content (AvgIpc) is 3.13. The summed E-state index contributed by atoms with van der Waals surface area (Å²) in [5.41, 5.74) is -3.18. The number of hydrogen-bond donors (Lipinski definition) is 1. The van der Waals surface area contributed by atoms with E-state index in [1.54, 1.807) is 0 Å². The van der Waals surface area contributed by atoms with Gasteiger partial charge in [-0.05, 0) is 0 Å². The number of hydrogen-bond acceptors (Lipinski definition) is 5. The van der Waals surface area contributed by atoms with Crippen LogP contribution in [-0.4, -0.2) is 22.4 Å². The Morgan fingerprint density at radius 1 is 0.643 bits per heavy atom. The van der Waals surface area contributed by atoms with Crippen LogP contribution in [0.4, 0.5) is 35.1 Å². The lowest BCUT2D eigenvalue weighted by atomic mass is 10.1. The summed E-state index contributed by atoms with van der Waals surface area (Å²) in [7, 11) is 0.727. The Labute approximate surface area is 148 Å². The number of ether oxygens (including phenoxy) is 1. The third-order valence-electron chi connectivity index (χ3n) is 3.52. The van der Waals surface area contributed by atoms with Crippen LogP contribution in [0, 0.1) is 46.5 Å². The van der Waals surface area contributed by atoms with Crippen molar-refractivity contribution in [3.05, 3.63) is 46.5 Å². The maximum atomic E-state index is 14.0. The zero-order valence-electron chi connectivity index (χ0n) is 13.2. The van der Waals surface area contributed by atoms with Crippen molar-refractivity contribution in [3.8, 4) is 34.4 Å². The normalized spacial score (nSPS) is 11.2. The van der Waals surface area contributed by atoms with E-state index in [1.807, 2.05) is 0 Å². The lowest BCUT2D eigenvalue weighted by Gasteiger charge is -2.08. The lowest BCUT2D eigenvalue weighted by Crippen LogP contribution is -2.03. The van der Waals surface area contributed by atoms with Crippen LogP contribution in [0.15, 0.2) is 4.42 Å². The molecule has 3 aromatic rings. The van der Waals surface area contributed by atoms with Gasteiger partial charge < -0.3 is 14.3 Å². The second-order valence-electron chi connectivity index (χ2n) is 5.06. The molecule has 1 N–H and O–H groups in total. The van der Waals surface area contributed by atoms with Gasteiger partial charge in [-0.2, -0.15) is 17.6 Å². The first-order valence-corrected chi connectivity index (χ1v) is 6.90. The quantitative estimate of drug-likeness (QED) is 0.515. The van der Waals surface area contributed by atoms with E-state index in [1.165, 1.54) is 0 Å². The molecule has 13 heteroatoms. The molecule has 0 aliphatic rings. The number of halogens is 8. The third kappa shape index (κ3) is 2.61. The minimum absolute atomic E-state index is 0.727. The van der Waals surface area contributed by atoms with Gasteiger partial charge in [-0.15, -0.1) is 10.2 Å². The van der Waals surface area contributed by atoms with Crippen LogP contribution in [0.5, 0.6) is 11.5 Å². The smallest absolute Gasteiger partial charge is 0.254 e. The number of aromatic nitrogens is 2. The fraction of sp³-hybridized carbons (Fsp3) is 0.0667. The maximum absolute atomic E-state index is 14.0. The minimum atomic E-state index is -2.22. The van der Waals surface area contributed by atoms with Gasteiger partial charge in [0.15, 0.2) is 34.8 Å². The Morgan fingerprint density at radius 3 is 1.36 bits per heavy atom. The summed E-state index contributed by atoms with van der Waals surface area (Å²) in [5, 5.41) is 14.8. The Hall–Kier alpha value is -3.38. The molecule has 2 aromatic carbocycles. The van der Waals surface area contributed by atoms with E-state index in [9.17, 15) is 35.1 Å². The largest absolute Gasteiger partial charge is 0.503 e. The molecule has 0 amide bonds. The minimum Gasteiger partial charge on any atom is -0.503 e. The summed E-state index contributed by atoms with van der Waals surface area (Å²) in [5.74, 6) is -22.8. The van der Waals surface area contributed by atoms with Gasteiger partial charge in [0, 0.05) is 0 Å². The van der Waals surface area contributed by atoms with Gasteiger partial charge in [-0.25, -0.2) is 17.6 Å². The van der Waals surface area contributed by atoms with Gasteiger partial charge >= 0.3 is 0 Å². The number of methoxy groups -OCH3 is 1. The SMILES string of the molecule is COc1c(F)c(F)c(-c2nnc(-c3c(F)c(F)c(O)c(F)c3F)o2)c(F)c1F. The first-order chi connectivity index (χ1) is 13.1. The highest BCUT2D eigenvalue weighted by molar-refractivity contribution is 5.62. The van der Waals surface area contributed by atoms with Crippen molar-refractivity contribution >= 4 is 0 Å². The summed E-state index contributed by atoms with van der Waals surface area (Å²) < 4.78 is 119. The van der Waals surface area contributed by atoms with Gasteiger partial charge in [0.05, 0.1) is 7.11 Å². The Balaban J connectivity index is 2.24. The maximum Gasteiger partial charge on any atom is 0.254 e. The summed E-state index contributed by atoms with van der Waals surface area (Å²) in [6.07, 6.45) is 0. The van der Waals surface area contributed by atoms with Crippen molar-refractivity contribution in [1.82, 2.24) is 10.2 Å². The molecule has 0 bridgehead atoms. The van der Waals surface area contributed by atoms with Crippen molar-refractivity contribution in [3.63, 3.8) is 0 Å². The fourth-order valence-corrected chi connectivity index (χ4v) is 2.21. The van der Waals surface area contributed by atoms with Crippen LogP contribution in [0.1, 0.15) is 0 Å². The summed E-state index contributed by atoms with van der Waals surface area (Å²) in [6.45, 7) is 0. The zero-order chi connectivity index (χ0) is 20.9. The van der Waals surface area contributed by atoms with Crippen molar-refractivity contribution in [2.45, 2.75) is 0 Å². The molecule has 28 heavy (non-hydrogen) atoms. The van der Waals surface area contributed by atoms with Crippen LogP contribution in [-0.2, 0) is 0 Å². The van der Waals surface area contributed by atoms with Crippen LogP contribution < -0.4 is 4.74 Å². The van der Waals surface area contributed by atoms with Crippen molar-refractivity contribution in [2.24, 2.45) is 0 Å². The van der Waals surface area contributed by atoms with Gasteiger partial charge in [0.2, 0.25) is 23.3 Å². The highest BCUT2D eigenvalue weighted by Crippen LogP contribution is 2.38. The molecule has 0 radical (unpaired) electrons. The molecule has 0 spiro atoms. The second-order valence-corrected chi connectivity index (χ2v) is 5.06. The van der Waals surface area contributed by atoms with E-state index >= 15 is 0 Å². The molecule has 0 fully saturated rings. The number of benzene rings is 2. The molecule has 0 unspecified atom stereocenters.